The third-order valence-electron chi connectivity index (χ3n) is 4.27. The summed E-state index contributed by atoms with van der Waals surface area (Å²) in [7, 11) is 0. The van der Waals surface area contributed by atoms with Crippen molar-refractivity contribution in [2.45, 2.75) is 18.9 Å². The average molecular weight is 260 g/mol. The zero-order valence-electron chi connectivity index (χ0n) is 11.4. The Morgan fingerprint density at radius 1 is 1.10 bits per heavy atom. The molecule has 2 heteroatoms. The van der Waals surface area contributed by atoms with Crippen molar-refractivity contribution < 1.29 is 0 Å². The van der Waals surface area contributed by atoms with Gasteiger partial charge in [-0.25, -0.2) is 0 Å². The second kappa shape index (κ2) is 3.83. The van der Waals surface area contributed by atoms with Gasteiger partial charge in [-0.2, -0.15) is 0 Å². The number of nitrogens with zero attached hydrogens (tertiary/aromatic N) is 1. The van der Waals surface area contributed by atoms with E-state index in [1.807, 2.05) is 12.1 Å². The Hall–Kier alpha value is -2.35. The average Bonchev–Trinajstić information content (AvgIpc) is 2.45. The molecule has 0 saturated carbocycles. The fraction of sp³-hybridized carbons (Fsp3) is 0.167. The van der Waals surface area contributed by atoms with Crippen molar-refractivity contribution in [3.63, 3.8) is 0 Å². The summed E-state index contributed by atoms with van der Waals surface area (Å²) in [6.07, 6.45) is 5.49. The zero-order chi connectivity index (χ0) is 13.7. The Morgan fingerprint density at radius 2 is 1.95 bits per heavy atom. The molecule has 1 atom stereocenters. The van der Waals surface area contributed by atoms with Crippen LogP contribution in [0.25, 0.3) is 17.7 Å². The van der Waals surface area contributed by atoms with Crippen molar-refractivity contribution in [2.75, 3.05) is 5.73 Å². The molecule has 1 aliphatic carbocycles. The minimum atomic E-state index is -0.171. The first-order valence-corrected chi connectivity index (χ1v) is 6.93. The highest BCUT2D eigenvalue weighted by Crippen LogP contribution is 2.29. The van der Waals surface area contributed by atoms with E-state index in [1.54, 1.807) is 0 Å². The summed E-state index contributed by atoms with van der Waals surface area (Å²) >= 11 is 0. The Bertz CT molecular complexity index is 954. The first kappa shape index (κ1) is 11.5. The molecule has 0 aromatic heterocycles. The molecule has 2 aromatic carbocycles. The Balaban J connectivity index is 2.19. The van der Waals surface area contributed by atoms with Crippen molar-refractivity contribution in [1.82, 2.24) is 0 Å². The first-order valence-electron chi connectivity index (χ1n) is 6.93. The number of fused-ring (bicyclic) bond motifs is 3. The molecule has 0 radical (unpaired) electrons. The van der Waals surface area contributed by atoms with Crippen molar-refractivity contribution in [3.8, 4) is 0 Å². The topological polar surface area (TPSA) is 38.4 Å². The molecule has 0 fully saturated rings. The van der Waals surface area contributed by atoms with E-state index in [4.69, 9.17) is 10.7 Å². The number of benzene rings is 2. The molecule has 0 spiro atoms. The molecule has 0 amide bonds. The molecule has 2 aromatic rings. The summed E-state index contributed by atoms with van der Waals surface area (Å²) in [5.74, 6) is 0. The van der Waals surface area contributed by atoms with Gasteiger partial charge in [0.05, 0.1) is 10.9 Å². The van der Waals surface area contributed by atoms with E-state index in [0.717, 1.165) is 22.7 Å². The fourth-order valence-corrected chi connectivity index (χ4v) is 3.17. The summed E-state index contributed by atoms with van der Waals surface area (Å²) in [6, 6.07) is 14.5. The third kappa shape index (κ3) is 1.54. The number of nitrogens with two attached hydrogens (primary N) is 1. The van der Waals surface area contributed by atoms with Crippen LogP contribution in [0.3, 0.4) is 0 Å². The van der Waals surface area contributed by atoms with E-state index >= 15 is 0 Å². The van der Waals surface area contributed by atoms with Crippen LogP contribution in [0.5, 0.6) is 0 Å². The van der Waals surface area contributed by atoms with E-state index in [9.17, 15) is 0 Å². The summed E-state index contributed by atoms with van der Waals surface area (Å²) in [6.45, 7) is 2.21. The lowest BCUT2D eigenvalue weighted by Crippen LogP contribution is -2.45. The monoisotopic (exact) mass is 260 g/mol. The molecular weight excluding hydrogens is 244 g/mol. The predicted octanol–water partition coefficient (Wildman–Crippen LogP) is 0.476. The van der Waals surface area contributed by atoms with Crippen LogP contribution in [-0.4, -0.2) is 5.54 Å². The van der Waals surface area contributed by atoms with Crippen LogP contribution in [0.2, 0.25) is 0 Å². The Kier molecular flexibility index (Phi) is 2.19. The highest BCUT2D eigenvalue weighted by atomic mass is 14.9. The lowest BCUT2D eigenvalue weighted by atomic mass is 9.81. The molecule has 0 saturated heterocycles. The van der Waals surface area contributed by atoms with E-state index in [1.165, 1.54) is 16.0 Å². The molecule has 4 rings (SSSR count). The van der Waals surface area contributed by atoms with Crippen LogP contribution in [0.4, 0.5) is 5.69 Å². The molecule has 20 heavy (non-hydrogen) atoms. The van der Waals surface area contributed by atoms with Gasteiger partial charge in [0.2, 0.25) is 0 Å². The van der Waals surface area contributed by atoms with Gasteiger partial charge < -0.3 is 5.73 Å². The molecular formula is C18H16N2. The first-order chi connectivity index (χ1) is 9.66. The van der Waals surface area contributed by atoms with Gasteiger partial charge in [-0.05, 0) is 47.6 Å². The van der Waals surface area contributed by atoms with Gasteiger partial charge in [-0.1, -0.05) is 36.4 Å². The second-order valence-electron chi connectivity index (χ2n) is 5.76. The van der Waals surface area contributed by atoms with Crippen LogP contribution in [0, 0.1) is 0 Å². The minimum Gasteiger partial charge on any atom is -0.399 e. The standard InChI is InChI=1S/C18H16N2/c1-18-9-8-12-4-2-3-5-15(12)16(18)10-13-6-7-14(19)11-17(13)20-18/h2-8,10-11H,9,19H2,1H3. The highest BCUT2D eigenvalue weighted by Gasteiger charge is 2.30. The third-order valence-corrected chi connectivity index (χ3v) is 4.27. The smallest absolute Gasteiger partial charge is 0.0876 e. The molecule has 2 nitrogen and oxygen atoms in total. The van der Waals surface area contributed by atoms with Gasteiger partial charge in [0, 0.05) is 10.9 Å². The molecule has 98 valence electrons. The SMILES string of the molecule is CC12CC=c3ccccc3=C1C=c1ccc(N)cc1=N2. The van der Waals surface area contributed by atoms with Gasteiger partial charge in [0.15, 0.2) is 0 Å². The molecule has 2 aliphatic rings. The molecule has 0 bridgehead atoms. The van der Waals surface area contributed by atoms with Crippen LogP contribution < -0.4 is 26.7 Å². The van der Waals surface area contributed by atoms with Crippen LogP contribution >= 0.6 is 0 Å². The fourth-order valence-electron chi connectivity index (χ4n) is 3.17. The predicted molar refractivity (Wildman–Crippen MR) is 82.7 cm³/mol. The molecule has 1 aliphatic heterocycles. The van der Waals surface area contributed by atoms with Gasteiger partial charge >= 0.3 is 0 Å². The van der Waals surface area contributed by atoms with Crippen molar-refractivity contribution in [2.24, 2.45) is 4.99 Å². The van der Waals surface area contributed by atoms with Gasteiger partial charge in [0.25, 0.3) is 0 Å². The largest absolute Gasteiger partial charge is 0.399 e. The van der Waals surface area contributed by atoms with E-state index in [2.05, 4.69) is 49.4 Å². The van der Waals surface area contributed by atoms with E-state index < -0.39 is 0 Å². The van der Waals surface area contributed by atoms with Gasteiger partial charge in [-0.3, -0.25) is 4.99 Å². The Morgan fingerprint density at radius 3 is 2.85 bits per heavy atom. The highest BCUT2D eigenvalue weighted by molar-refractivity contribution is 5.85. The number of rotatable bonds is 0. The summed E-state index contributed by atoms with van der Waals surface area (Å²) in [5.41, 5.74) is 7.79. The zero-order valence-corrected chi connectivity index (χ0v) is 11.4. The maximum atomic E-state index is 5.88. The van der Waals surface area contributed by atoms with Crippen LogP contribution in [0.1, 0.15) is 13.3 Å². The number of hydrogen-bond donors (Lipinski definition) is 1. The molecule has 2 N–H and O–H groups in total. The summed E-state index contributed by atoms with van der Waals surface area (Å²) in [4.78, 5) is 4.98. The molecule has 1 heterocycles. The lowest BCUT2D eigenvalue weighted by molar-refractivity contribution is 0.606. The maximum absolute atomic E-state index is 5.88. The normalized spacial score (nSPS) is 22.6. The summed E-state index contributed by atoms with van der Waals surface area (Å²) < 4.78 is 0. The van der Waals surface area contributed by atoms with Gasteiger partial charge in [0.1, 0.15) is 0 Å². The van der Waals surface area contributed by atoms with Crippen LogP contribution in [-0.2, 0) is 0 Å². The second-order valence-corrected chi connectivity index (χ2v) is 5.76. The van der Waals surface area contributed by atoms with Crippen molar-refractivity contribution >= 4 is 23.4 Å². The van der Waals surface area contributed by atoms with Crippen molar-refractivity contribution in [3.05, 3.63) is 63.5 Å². The maximum Gasteiger partial charge on any atom is 0.0876 e. The quantitative estimate of drug-likeness (QED) is 0.687. The van der Waals surface area contributed by atoms with Gasteiger partial charge in [-0.15, -0.1) is 0 Å². The molecule has 1 unspecified atom stereocenters. The Labute approximate surface area is 117 Å². The summed E-state index contributed by atoms with van der Waals surface area (Å²) in [5, 5.41) is 4.77. The van der Waals surface area contributed by atoms with E-state index in [0.29, 0.717) is 0 Å². The van der Waals surface area contributed by atoms with Crippen LogP contribution in [0.15, 0.2) is 47.5 Å². The number of anilines is 1. The number of hydrogen-bond acceptors (Lipinski definition) is 2. The lowest BCUT2D eigenvalue weighted by Gasteiger charge is -2.30. The van der Waals surface area contributed by atoms with E-state index in [-0.39, 0.29) is 5.54 Å². The minimum absolute atomic E-state index is 0.171. The number of nitrogen functional groups attached to an aromatic ring is 1. The van der Waals surface area contributed by atoms with Crippen molar-refractivity contribution in [1.29, 1.82) is 0 Å².